The molecular formula is C18H36N4O2. The summed E-state index contributed by atoms with van der Waals surface area (Å²) in [6, 6.07) is 0. The maximum absolute atomic E-state index is 10.6. The highest BCUT2D eigenvalue weighted by atomic mass is 16.1. The fraction of sp³-hybridized carbons (Fsp3) is 0.667. The van der Waals surface area contributed by atoms with E-state index in [1.54, 1.807) is 13.8 Å². The number of carbonyl (C=O) groups is 2. The summed E-state index contributed by atoms with van der Waals surface area (Å²) in [4.78, 5) is 25.4. The second kappa shape index (κ2) is 14.9. The first kappa shape index (κ1) is 24.6. The van der Waals surface area contributed by atoms with Gasteiger partial charge in [0.1, 0.15) is 0 Å². The molecule has 0 rings (SSSR count). The van der Waals surface area contributed by atoms with Gasteiger partial charge in [-0.05, 0) is 80.8 Å². The van der Waals surface area contributed by atoms with Crippen LogP contribution in [0.1, 0.15) is 39.5 Å². The highest BCUT2D eigenvalue weighted by Gasteiger charge is 1.96. The number of unbranched alkanes of at least 4 members (excludes halogenated alkanes) is 2. The van der Waals surface area contributed by atoms with Gasteiger partial charge in [0.25, 0.3) is 0 Å². The van der Waals surface area contributed by atoms with Crippen LogP contribution in [0.4, 0.5) is 0 Å². The zero-order valence-corrected chi connectivity index (χ0v) is 16.3. The third kappa shape index (κ3) is 18.4. The number of primary amides is 2. The Morgan fingerprint density at radius 1 is 0.750 bits per heavy atom. The number of hydrogen-bond donors (Lipinski definition) is 2. The number of nitrogens with two attached hydrogens (primary N) is 2. The third-order valence-electron chi connectivity index (χ3n) is 3.30. The van der Waals surface area contributed by atoms with Crippen LogP contribution >= 0.6 is 0 Å². The summed E-state index contributed by atoms with van der Waals surface area (Å²) in [5, 5.41) is 0. The van der Waals surface area contributed by atoms with Gasteiger partial charge in [0.15, 0.2) is 0 Å². The van der Waals surface area contributed by atoms with E-state index in [9.17, 15) is 9.59 Å². The summed E-state index contributed by atoms with van der Waals surface area (Å²) >= 11 is 0. The Morgan fingerprint density at radius 2 is 1.04 bits per heavy atom. The summed E-state index contributed by atoms with van der Waals surface area (Å²) in [5.74, 6) is -0.639. The molecule has 0 aliphatic rings. The van der Waals surface area contributed by atoms with Gasteiger partial charge in [-0.25, -0.2) is 0 Å². The molecule has 0 saturated carbocycles. The number of carbonyl (C=O) groups excluding carboxylic acids is 2. The fourth-order valence-corrected chi connectivity index (χ4v) is 1.65. The normalized spacial score (nSPS) is 12.2. The van der Waals surface area contributed by atoms with E-state index in [0.717, 1.165) is 38.8 Å². The van der Waals surface area contributed by atoms with E-state index >= 15 is 0 Å². The molecule has 0 fully saturated rings. The predicted octanol–water partition coefficient (Wildman–Crippen LogP) is 1.52. The van der Waals surface area contributed by atoms with Crippen LogP contribution in [0.2, 0.25) is 0 Å². The van der Waals surface area contributed by atoms with Gasteiger partial charge in [0, 0.05) is 11.1 Å². The maximum atomic E-state index is 10.6. The molecule has 0 saturated heterocycles. The molecule has 0 aromatic heterocycles. The van der Waals surface area contributed by atoms with Crippen molar-refractivity contribution in [2.75, 3.05) is 41.3 Å². The zero-order chi connectivity index (χ0) is 19.1. The first-order valence-electron chi connectivity index (χ1n) is 8.30. The number of amides is 2. The van der Waals surface area contributed by atoms with Gasteiger partial charge >= 0.3 is 0 Å². The molecule has 0 heterocycles. The summed E-state index contributed by atoms with van der Waals surface area (Å²) in [7, 11) is 8.13. The Kier molecular flexibility index (Phi) is 15.3. The van der Waals surface area contributed by atoms with Gasteiger partial charge in [0.05, 0.1) is 0 Å². The van der Waals surface area contributed by atoms with Crippen molar-refractivity contribution in [3.63, 3.8) is 0 Å². The maximum Gasteiger partial charge on any atom is 0.244 e. The molecule has 2 amide bonds. The minimum Gasteiger partial charge on any atom is -0.366 e. The van der Waals surface area contributed by atoms with E-state index in [2.05, 4.69) is 9.80 Å². The highest BCUT2D eigenvalue weighted by molar-refractivity contribution is 5.91. The Labute approximate surface area is 147 Å². The molecule has 0 spiro atoms. The van der Waals surface area contributed by atoms with E-state index < -0.39 is 0 Å². The molecule has 0 aliphatic carbocycles. The van der Waals surface area contributed by atoms with Crippen LogP contribution in [0.15, 0.2) is 23.3 Å². The SMILES string of the molecule is C/C(=C\CCCN(C)C)C(N)=O.C/C(=C\CCCN(C)C)C(N)=O. The monoisotopic (exact) mass is 340 g/mol. The lowest BCUT2D eigenvalue weighted by Crippen LogP contribution is -2.13. The third-order valence-corrected chi connectivity index (χ3v) is 3.30. The summed E-state index contributed by atoms with van der Waals surface area (Å²) in [6.45, 7) is 5.58. The van der Waals surface area contributed by atoms with Gasteiger partial charge in [0.2, 0.25) is 11.8 Å². The molecule has 0 atom stereocenters. The number of hydrogen-bond acceptors (Lipinski definition) is 4. The molecule has 0 unspecified atom stereocenters. The topological polar surface area (TPSA) is 92.7 Å². The number of allylic oxidation sites excluding steroid dienone is 2. The Morgan fingerprint density at radius 3 is 1.25 bits per heavy atom. The van der Waals surface area contributed by atoms with Gasteiger partial charge in [-0.15, -0.1) is 0 Å². The van der Waals surface area contributed by atoms with Crippen molar-refractivity contribution < 1.29 is 9.59 Å². The number of nitrogens with zero attached hydrogens (tertiary/aromatic N) is 2. The van der Waals surface area contributed by atoms with Gasteiger partial charge in [-0.3, -0.25) is 9.59 Å². The Hall–Kier alpha value is -1.66. The van der Waals surface area contributed by atoms with Crippen molar-refractivity contribution in [3.8, 4) is 0 Å². The Bertz CT molecular complexity index is 387. The van der Waals surface area contributed by atoms with E-state index in [1.165, 1.54) is 0 Å². The molecule has 0 bridgehead atoms. The molecular weight excluding hydrogens is 304 g/mol. The molecule has 140 valence electrons. The highest BCUT2D eigenvalue weighted by Crippen LogP contribution is 1.98. The van der Waals surface area contributed by atoms with Crippen LogP contribution in [0.3, 0.4) is 0 Å². The first-order valence-corrected chi connectivity index (χ1v) is 8.30. The molecule has 24 heavy (non-hydrogen) atoms. The van der Waals surface area contributed by atoms with Crippen molar-refractivity contribution in [1.82, 2.24) is 9.80 Å². The second-order valence-corrected chi connectivity index (χ2v) is 6.39. The Balaban J connectivity index is 0. The minimum absolute atomic E-state index is 0.320. The van der Waals surface area contributed by atoms with E-state index in [0.29, 0.717) is 11.1 Å². The van der Waals surface area contributed by atoms with Gasteiger partial charge < -0.3 is 21.3 Å². The van der Waals surface area contributed by atoms with Gasteiger partial charge in [-0.1, -0.05) is 12.2 Å². The van der Waals surface area contributed by atoms with Crippen LogP contribution in [-0.4, -0.2) is 62.9 Å². The van der Waals surface area contributed by atoms with E-state index in [1.807, 2.05) is 40.3 Å². The average Bonchev–Trinajstić information content (AvgIpc) is 2.47. The lowest BCUT2D eigenvalue weighted by molar-refractivity contribution is -0.115. The molecule has 4 N–H and O–H groups in total. The van der Waals surface area contributed by atoms with Crippen LogP contribution in [0, 0.1) is 0 Å². The molecule has 0 aromatic carbocycles. The molecule has 6 heteroatoms. The molecule has 6 nitrogen and oxygen atoms in total. The predicted molar refractivity (Wildman–Crippen MR) is 101 cm³/mol. The summed E-state index contributed by atoms with van der Waals surface area (Å²) < 4.78 is 0. The second-order valence-electron chi connectivity index (χ2n) is 6.39. The standard InChI is InChI=1S/2C9H18N2O/c2*1-8(9(10)12)6-4-5-7-11(2)3/h2*6H,4-5,7H2,1-3H3,(H2,10,12)/b2*8-6+. The van der Waals surface area contributed by atoms with Crippen molar-refractivity contribution in [2.24, 2.45) is 11.5 Å². The van der Waals surface area contributed by atoms with Crippen molar-refractivity contribution >= 4 is 11.8 Å². The van der Waals surface area contributed by atoms with Gasteiger partial charge in [-0.2, -0.15) is 0 Å². The van der Waals surface area contributed by atoms with Crippen molar-refractivity contribution in [1.29, 1.82) is 0 Å². The lowest BCUT2D eigenvalue weighted by atomic mass is 10.2. The molecule has 0 aromatic rings. The minimum atomic E-state index is -0.320. The van der Waals surface area contributed by atoms with Crippen LogP contribution < -0.4 is 11.5 Å². The zero-order valence-electron chi connectivity index (χ0n) is 16.3. The average molecular weight is 341 g/mol. The number of rotatable bonds is 10. The molecule has 0 radical (unpaired) electrons. The summed E-state index contributed by atoms with van der Waals surface area (Å²) in [6.07, 6.45) is 7.77. The van der Waals surface area contributed by atoms with Crippen molar-refractivity contribution in [2.45, 2.75) is 39.5 Å². The van der Waals surface area contributed by atoms with Crippen LogP contribution in [0.5, 0.6) is 0 Å². The quantitative estimate of drug-likeness (QED) is 0.466. The van der Waals surface area contributed by atoms with E-state index in [-0.39, 0.29) is 11.8 Å². The van der Waals surface area contributed by atoms with Crippen LogP contribution in [-0.2, 0) is 9.59 Å². The smallest absolute Gasteiger partial charge is 0.244 e. The largest absolute Gasteiger partial charge is 0.366 e. The van der Waals surface area contributed by atoms with Crippen LogP contribution in [0.25, 0.3) is 0 Å². The van der Waals surface area contributed by atoms with Crippen molar-refractivity contribution in [3.05, 3.63) is 23.3 Å². The lowest BCUT2D eigenvalue weighted by Gasteiger charge is -2.06. The summed E-state index contributed by atoms with van der Waals surface area (Å²) in [5.41, 5.74) is 11.4. The van der Waals surface area contributed by atoms with E-state index in [4.69, 9.17) is 11.5 Å². The first-order chi connectivity index (χ1) is 11.1. The molecule has 0 aliphatic heterocycles. The fourth-order valence-electron chi connectivity index (χ4n) is 1.65.